The van der Waals surface area contributed by atoms with Gasteiger partial charge in [0.05, 0.1) is 17.2 Å². The lowest BCUT2D eigenvalue weighted by atomic mass is 10.0. The van der Waals surface area contributed by atoms with Crippen LogP contribution in [-0.4, -0.2) is 59.8 Å². The van der Waals surface area contributed by atoms with Gasteiger partial charge in [0.2, 0.25) is 11.9 Å². The molecule has 1 unspecified atom stereocenters. The molecule has 33 heavy (non-hydrogen) atoms. The van der Waals surface area contributed by atoms with Gasteiger partial charge in [-0.1, -0.05) is 6.07 Å². The number of nitrogens with one attached hydrogen (secondary N) is 4. The number of nitrogens with zero attached hydrogens (tertiary/aromatic N) is 3. The van der Waals surface area contributed by atoms with Crippen LogP contribution in [0.2, 0.25) is 0 Å². The Balaban J connectivity index is 1.67. The molecule has 1 aromatic carbocycles. The lowest BCUT2D eigenvalue weighted by Gasteiger charge is -2.40. The average Bonchev–Trinajstić information content (AvgIpc) is 3.14. The fraction of sp³-hybridized carbons (Fsp3) is 0.429. The highest BCUT2D eigenvalue weighted by molar-refractivity contribution is 7.98. The van der Waals surface area contributed by atoms with Gasteiger partial charge in [0.1, 0.15) is 11.6 Å². The molecule has 4 N–H and O–H groups in total. The summed E-state index contributed by atoms with van der Waals surface area (Å²) in [5.41, 5.74) is -0.194. The maximum Gasteiger partial charge on any atom is 0.416 e. The van der Waals surface area contributed by atoms with Crippen LogP contribution in [-0.2, 0) is 11.0 Å². The van der Waals surface area contributed by atoms with Gasteiger partial charge in [0.25, 0.3) is 0 Å². The molecule has 1 atom stereocenters. The number of rotatable bonds is 8. The van der Waals surface area contributed by atoms with Crippen molar-refractivity contribution >= 4 is 47.2 Å². The van der Waals surface area contributed by atoms with Crippen LogP contribution in [0.15, 0.2) is 24.3 Å². The Labute approximate surface area is 193 Å². The molecule has 0 saturated carbocycles. The van der Waals surface area contributed by atoms with E-state index in [1.807, 2.05) is 11.2 Å². The standard InChI is InChI=1S/C21H24F3N7OS/c1-33-11-12-9-31(10-12)19-16(7-25)18(27-14-4-2-3-13(5-14)21(22,23)24)29-20(30-19)28-15-6-17(32)26-8-15/h2-5,7,12,15,25H,6,8-11H2,1H3,(H,26,32)(H2,27,28,29,30). The van der Waals surface area contributed by atoms with Crippen molar-refractivity contribution in [2.24, 2.45) is 5.92 Å². The Morgan fingerprint density at radius 3 is 2.76 bits per heavy atom. The second-order valence-electron chi connectivity index (χ2n) is 8.06. The van der Waals surface area contributed by atoms with E-state index in [0.717, 1.165) is 37.2 Å². The van der Waals surface area contributed by atoms with Crippen molar-refractivity contribution in [3.8, 4) is 0 Å². The molecule has 8 nitrogen and oxygen atoms in total. The van der Waals surface area contributed by atoms with Crippen molar-refractivity contribution in [3.05, 3.63) is 35.4 Å². The van der Waals surface area contributed by atoms with Crippen LogP contribution in [0.3, 0.4) is 0 Å². The molecule has 4 rings (SSSR count). The van der Waals surface area contributed by atoms with Crippen molar-refractivity contribution in [2.45, 2.75) is 18.6 Å². The van der Waals surface area contributed by atoms with Gasteiger partial charge >= 0.3 is 6.18 Å². The summed E-state index contributed by atoms with van der Waals surface area (Å²) in [6.07, 6.45) is -1.04. The molecule has 176 valence electrons. The highest BCUT2D eigenvalue weighted by atomic mass is 32.2. The number of hydrogen-bond acceptors (Lipinski definition) is 8. The first-order valence-corrected chi connectivity index (χ1v) is 11.8. The van der Waals surface area contributed by atoms with Gasteiger partial charge in [-0.3, -0.25) is 4.79 Å². The number of alkyl halides is 3. The van der Waals surface area contributed by atoms with Gasteiger partial charge in [-0.25, -0.2) is 0 Å². The predicted octanol–water partition coefficient (Wildman–Crippen LogP) is 3.34. The first kappa shape index (κ1) is 23.1. The first-order valence-electron chi connectivity index (χ1n) is 10.4. The minimum Gasteiger partial charge on any atom is -0.355 e. The summed E-state index contributed by atoms with van der Waals surface area (Å²) in [5.74, 6) is 2.45. The number of benzene rings is 1. The zero-order valence-corrected chi connectivity index (χ0v) is 18.7. The van der Waals surface area contributed by atoms with Crippen molar-refractivity contribution in [1.29, 1.82) is 5.41 Å². The summed E-state index contributed by atoms with van der Waals surface area (Å²) >= 11 is 1.77. The highest BCUT2D eigenvalue weighted by Gasteiger charge is 2.32. The van der Waals surface area contributed by atoms with Crippen LogP contribution in [0.4, 0.5) is 36.4 Å². The summed E-state index contributed by atoms with van der Waals surface area (Å²) in [6.45, 7) is 1.97. The molecular weight excluding hydrogens is 455 g/mol. The Hall–Kier alpha value is -3.02. The Morgan fingerprint density at radius 1 is 1.33 bits per heavy atom. The van der Waals surface area contributed by atoms with Gasteiger partial charge in [0, 0.05) is 43.9 Å². The van der Waals surface area contributed by atoms with Gasteiger partial charge in [-0.2, -0.15) is 34.9 Å². The van der Waals surface area contributed by atoms with E-state index in [1.54, 1.807) is 11.8 Å². The van der Waals surface area contributed by atoms with E-state index in [2.05, 4.69) is 25.9 Å². The van der Waals surface area contributed by atoms with E-state index in [-0.39, 0.29) is 35.8 Å². The second kappa shape index (κ2) is 9.46. The molecule has 1 amide bonds. The number of carbonyl (C=O) groups excluding carboxylic acids is 1. The maximum absolute atomic E-state index is 13.2. The lowest BCUT2D eigenvalue weighted by Crippen LogP contribution is -2.49. The van der Waals surface area contributed by atoms with Gasteiger partial charge in [-0.05, 0) is 30.2 Å². The second-order valence-corrected chi connectivity index (χ2v) is 8.97. The molecule has 2 aliphatic rings. The number of aromatic nitrogens is 2. The maximum atomic E-state index is 13.2. The first-order chi connectivity index (χ1) is 15.8. The summed E-state index contributed by atoms with van der Waals surface area (Å²) in [5, 5.41) is 16.8. The van der Waals surface area contributed by atoms with Crippen LogP contribution in [0, 0.1) is 11.3 Å². The van der Waals surface area contributed by atoms with Crippen molar-refractivity contribution in [1.82, 2.24) is 15.3 Å². The van der Waals surface area contributed by atoms with Crippen LogP contribution in [0.25, 0.3) is 0 Å². The van der Waals surface area contributed by atoms with Gasteiger partial charge in [0.15, 0.2) is 0 Å². The van der Waals surface area contributed by atoms with Crippen molar-refractivity contribution in [2.75, 3.05) is 47.2 Å². The van der Waals surface area contributed by atoms with E-state index in [9.17, 15) is 18.0 Å². The molecule has 2 saturated heterocycles. The summed E-state index contributed by atoms with van der Waals surface area (Å²) in [6, 6.07) is 4.63. The number of thioether (sulfide) groups is 1. The average molecular weight is 480 g/mol. The third-order valence-corrected chi connectivity index (χ3v) is 6.30. The molecule has 0 radical (unpaired) electrons. The summed E-state index contributed by atoms with van der Waals surface area (Å²) < 4.78 is 39.5. The molecule has 3 heterocycles. The third kappa shape index (κ3) is 5.32. The highest BCUT2D eigenvalue weighted by Crippen LogP contribution is 2.34. The lowest BCUT2D eigenvalue weighted by molar-refractivity contribution is -0.137. The van der Waals surface area contributed by atoms with E-state index in [4.69, 9.17) is 5.41 Å². The van der Waals surface area contributed by atoms with Gasteiger partial charge < -0.3 is 26.3 Å². The molecule has 12 heteroatoms. The third-order valence-electron chi connectivity index (χ3n) is 5.49. The molecule has 0 spiro atoms. The van der Waals surface area contributed by atoms with Crippen LogP contribution < -0.4 is 20.9 Å². The largest absolute Gasteiger partial charge is 0.416 e. The zero-order chi connectivity index (χ0) is 23.6. The monoisotopic (exact) mass is 479 g/mol. The van der Waals surface area contributed by atoms with Crippen LogP contribution in [0.1, 0.15) is 17.5 Å². The molecule has 2 aliphatic heterocycles. The minimum atomic E-state index is -4.47. The fourth-order valence-electron chi connectivity index (χ4n) is 3.88. The predicted molar refractivity (Wildman–Crippen MR) is 124 cm³/mol. The van der Waals surface area contributed by atoms with Gasteiger partial charge in [-0.15, -0.1) is 0 Å². The van der Waals surface area contributed by atoms with Crippen LogP contribution >= 0.6 is 11.8 Å². The SMILES string of the molecule is CSCC1CN(c2nc(NC3CNC(=O)C3)nc(Nc3cccc(C(F)(F)F)c3)c2C=N)C1. The number of anilines is 4. The van der Waals surface area contributed by atoms with Crippen molar-refractivity contribution < 1.29 is 18.0 Å². The van der Waals surface area contributed by atoms with E-state index < -0.39 is 11.7 Å². The molecule has 0 bridgehead atoms. The number of amides is 1. The molecular formula is C21H24F3N7OS. The fourth-order valence-corrected chi connectivity index (χ4v) is 4.56. The Bertz CT molecular complexity index is 1040. The van der Waals surface area contributed by atoms with Crippen LogP contribution in [0.5, 0.6) is 0 Å². The number of hydrogen-bond donors (Lipinski definition) is 4. The minimum absolute atomic E-state index is 0.0752. The number of halogens is 3. The molecule has 0 aliphatic carbocycles. The molecule has 2 aromatic rings. The van der Waals surface area contributed by atoms with E-state index in [1.165, 1.54) is 12.1 Å². The quantitative estimate of drug-likeness (QED) is 0.431. The summed E-state index contributed by atoms with van der Waals surface area (Å²) in [4.78, 5) is 22.6. The molecule has 2 fully saturated rings. The zero-order valence-electron chi connectivity index (χ0n) is 17.9. The normalized spacial score (nSPS) is 18.6. The van der Waals surface area contributed by atoms with E-state index >= 15 is 0 Å². The number of carbonyl (C=O) groups is 1. The molecule has 1 aromatic heterocycles. The van der Waals surface area contributed by atoms with E-state index in [0.29, 0.717) is 23.8 Å². The topological polar surface area (TPSA) is 106 Å². The Morgan fingerprint density at radius 2 is 2.12 bits per heavy atom. The smallest absolute Gasteiger partial charge is 0.355 e. The van der Waals surface area contributed by atoms with Crippen molar-refractivity contribution in [3.63, 3.8) is 0 Å². The Kier molecular flexibility index (Phi) is 6.63. The summed E-state index contributed by atoms with van der Waals surface area (Å²) in [7, 11) is 0.